The van der Waals surface area contributed by atoms with Crippen LogP contribution in [0.15, 0.2) is 36.8 Å². The second-order valence-electron chi connectivity index (χ2n) is 4.20. The highest BCUT2D eigenvalue weighted by Gasteiger charge is 1.98. The summed E-state index contributed by atoms with van der Waals surface area (Å²) in [6, 6.07) is 6.35. The van der Waals surface area contributed by atoms with Gasteiger partial charge in [-0.05, 0) is 55.5 Å². The Labute approximate surface area is 96.4 Å². The lowest BCUT2D eigenvalue weighted by molar-refractivity contribution is 0.902. The fraction of sp³-hybridized carbons (Fsp3) is 0.286. The zero-order valence-corrected chi connectivity index (χ0v) is 9.77. The Balaban J connectivity index is 2.02. The van der Waals surface area contributed by atoms with Crippen molar-refractivity contribution in [2.45, 2.75) is 26.7 Å². The van der Waals surface area contributed by atoms with Crippen molar-refractivity contribution >= 4 is 0 Å². The maximum absolute atomic E-state index is 4.36. The first-order chi connectivity index (χ1) is 7.74. The zero-order chi connectivity index (χ0) is 11.4. The Hall–Kier alpha value is -1.70. The molecule has 0 atom stereocenters. The molecule has 2 rings (SSSR count). The predicted molar refractivity (Wildman–Crippen MR) is 65.4 cm³/mol. The van der Waals surface area contributed by atoms with Gasteiger partial charge >= 0.3 is 0 Å². The summed E-state index contributed by atoms with van der Waals surface area (Å²) in [4.78, 5) is 8.55. The van der Waals surface area contributed by atoms with Gasteiger partial charge < -0.3 is 0 Å². The van der Waals surface area contributed by atoms with Crippen molar-refractivity contribution in [1.29, 1.82) is 0 Å². The molecule has 0 saturated carbocycles. The average Bonchev–Trinajstić information content (AvgIpc) is 2.27. The molecule has 0 N–H and O–H groups in total. The lowest BCUT2D eigenvalue weighted by Gasteiger charge is -2.02. The van der Waals surface area contributed by atoms with Gasteiger partial charge in [-0.3, -0.25) is 9.97 Å². The molecule has 0 spiro atoms. The molecule has 16 heavy (non-hydrogen) atoms. The quantitative estimate of drug-likeness (QED) is 0.781. The van der Waals surface area contributed by atoms with Crippen LogP contribution in [0.25, 0.3) is 0 Å². The van der Waals surface area contributed by atoms with Crippen LogP contribution in [-0.4, -0.2) is 9.97 Å². The normalized spacial score (nSPS) is 10.4. The highest BCUT2D eigenvalue weighted by molar-refractivity contribution is 5.19. The van der Waals surface area contributed by atoms with Gasteiger partial charge in [0, 0.05) is 24.3 Å². The van der Waals surface area contributed by atoms with Gasteiger partial charge in [0.25, 0.3) is 0 Å². The van der Waals surface area contributed by atoms with Gasteiger partial charge in [-0.2, -0.15) is 0 Å². The number of nitrogens with zero attached hydrogens (tertiary/aromatic N) is 2. The van der Waals surface area contributed by atoms with Gasteiger partial charge in [0.15, 0.2) is 0 Å². The van der Waals surface area contributed by atoms with E-state index in [1.165, 1.54) is 16.7 Å². The standard InChI is InChI=1S/C14H16N2/c1-11-5-6-16-14(8-11)4-3-13-7-12(2)9-15-10-13/h5-10H,3-4H2,1-2H3. The van der Waals surface area contributed by atoms with Crippen molar-refractivity contribution in [2.24, 2.45) is 0 Å². The van der Waals surface area contributed by atoms with Crippen LogP contribution in [0, 0.1) is 13.8 Å². The second-order valence-corrected chi connectivity index (χ2v) is 4.20. The van der Waals surface area contributed by atoms with Crippen molar-refractivity contribution in [3.63, 3.8) is 0 Å². The van der Waals surface area contributed by atoms with Crippen molar-refractivity contribution in [3.8, 4) is 0 Å². The van der Waals surface area contributed by atoms with E-state index in [1.807, 2.05) is 24.7 Å². The Morgan fingerprint density at radius 2 is 1.88 bits per heavy atom. The number of aromatic nitrogens is 2. The Bertz CT molecular complexity index is 432. The molecule has 0 aliphatic carbocycles. The van der Waals surface area contributed by atoms with Crippen LogP contribution in [0.1, 0.15) is 22.4 Å². The molecule has 2 aromatic rings. The van der Waals surface area contributed by atoms with E-state index in [0.717, 1.165) is 18.5 Å². The van der Waals surface area contributed by atoms with E-state index in [1.54, 1.807) is 0 Å². The summed E-state index contributed by atoms with van der Waals surface area (Å²) in [6.07, 6.45) is 7.67. The minimum absolute atomic E-state index is 0.979. The number of hydrogen-bond acceptors (Lipinski definition) is 2. The summed E-state index contributed by atoms with van der Waals surface area (Å²) in [6.45, 7) is 4.17. The summed E-state index contributed by atoms with van der Waals surface area (Å²) in [5.41, 5.74) is 4.92. The highest BCUT2D eigenvalue weighted by atomic mass is 14.7. The van der Waals surface area contributed by atoms with Gasteiger partial charge in [0.1, 0.15) is 0 Å². The summed E-state index contributed by atoms with van der Waals surface area (Å²) in [5, 5.41) is 0. The lowest BCUT2D eigenvalue weighted by Crippen LogP contribution is -1.95. The molecule has 0 bridgehead atoms. The van der Waals surface area contributed by atoms with E-state index in [4.69, 9.17) is 0 Å². The van der Waals surface area contributed by atoms with Crippen LogP contribution < -0.4 is 0 Å². The first-order valence-corrected chi connectivity index (χ1v) is 5.56. The highest BCUT2D eigenvalue weighted by Crippen LogP contribution is 2.07. The van der Waals surface area contributed by atoms with E-state index in [2.05, 4.69) is 35.9 Å². The third-order valence-corrected chi connectivity index (χ3v) is 2.57. The van der Waals surface area contributed by atoms with Crippen molar-refractivity contribution in [3.05, 3.63) is 59.2 Å². The molecule has 0 aliphatic heterocycles. The lowest BCUT2D eigenvalue weighted by atomic mass is 10.1. The average molecular weight is 212 g/mol. The molecular weight excluding hydrogens is 196 g/mol. The molecule has 2 heterocycles. The fourth-order valence-corrected chi connectivity index (χ4v) is 1.76. The van der Waals surface area contributed by atoms with Crippen LogP contribution in [-0.2, 0) is 12.8 Å². The molecule has 0 amide bonds. The molecule has 0 fully saturated rings. The van der Waals surface area contributed by atoms with Gasteiger partial charge in [-0.25, -0.2) is 0 Å². The van der Waals surface area contributed by atoms with Crippen LogP contribution in [0.2, 0.25) is 0 Å². The van der Waals surface area contributed by atoms with Crippen LogP contribution in [0.3, 0.4) is 0 Å². The molecule has 0 radical (unpaired) electrons. The second kappa shape index (κ2) is 4.88. The molecule has 2 nitrogen and oxygen atoms in total. The van der Waals surface area contributed by atoms with E-state index < -0.39 is 0 Å². The number of rotatable bonds is 3. The van der Waals surface area contributed by atoms with Crippen LogP contribution in [0.5, 0.6) is 0 Å². The molecule has 0 aromatic carbocycles. The minimum Gasteiger partial charge on any atom is -0.264 e. The fourth-order valence-electron chi connectivity index (χ4n) is 1.76. The number of pyridine rings is 2. The van der Waals surface area contributed by atoms with Crippen molar-refractivity contribution < 1.29 is 0 Å². The molecule has 2 heteroatoms. The Kier molecular flexibility index (Phi) is 3.30. The Morgan fingerprint density at radius 1 is 1.00 bits per heavy atom. The first kappa shape index (κ1) is 10.8. The predicted octanol–water partition coefficient (Wildman–Crippen LogP) is 2.88. The third-order valence-electron chi connectivity index (χ3n) is 2.57. The monoisotopic (exact) mass is 212 g/mol. The van der Waals surface area contributed by atoms with Crippen molar-refractivity contribution in [2.75, 3.05) is 0 Å². The number of hydrogen-bond donors (Lipinski definition) is 0. The maximum atomic E-state index is 4.36. The summed E-state index contributed by atoms with van der Waals surface area (Å²) >= 11 is 0. The third kappa shape index (κ3) is 2.89. The van der Waals surface area contributed by atoms with E-state index in [9.17, 15) is 0 Å². The molecule has 2 aromatic heterocycles. The maximum Gasteiger partial charge on any atom is 0.0409 e. The first-order valence-electron chi connectivity index (χ1n) is 5.56. The molecule has 0 saturated heterocycles. The molecular formula is C14H16N2. The largest absolute Gasteiger partial charge is 0.264 e. The van der Waals surface area contributed by atoms with Crippen LogP contribution in [0.4, 0.5) is 0 Å². The summed E-state index contributed by atoms with van der Waals surface area (Å²) in [7, 11) is 0. The van der Waals surface area contributed by atoms with Crippen molar-refractivity contribution in [1.82, 2.24) is 9.97 Å². The van der Waals surface area contributed by atoms with Gasteiger partial charge in [-0.1, -0.05) is 6.07 Å². The summed E-state index contributed by atoms with van der Waals surface area (Å²) in [5.74, 6) is 0. The minimum atomic E-state index is 0.979. The summed E-state index contributed by atoms with van der Waals surface area (Å²) < 4.78 is 0. The van der Waals surface area contributed by atoms with E-state index in [0.29, 0.717) is 0 Å². The van der Waals surface area contributed by atoms with Crippen LogP contribution >= 0.6 is 0 Å². The van der Waals surface area contributed by atoms with Gasteiger partial charge in [0.2, 0.25) is 0 Å². The number of aryl methyl sites for hydroxylation is 4. The smallest absolute Gasteiger partial charge is 0.0409 e. The Morgan fingerprint density at radius 3 is 2.62 bits per heavy atom. The van der Waals surface area contributed by atoms with Gasteiger partial charge in [-0.15, -0.1) is 0 Å². The topological polar surface area (TPSA) is 25.8 Å². The molecule has 0 unspecified atom stereocenters. The molecule has 0 aliphatic rings. The van der Waals surface area contributed by atoms with Gasteiger partial charge in [0.05, 0.1) is 0 Å². The molecule has 82 valence electrons. The SMILES string of the molecule is Cc1cncc(CCc2cc(C)ccn2)c1. The zero-order valence-electron chi connectivity index (χ0n) is 9.77. The van der Waals surface area contributed by atoms with E-state index >= 15 is 0 Å². The van der Waals surface area contributed by atoms with E-state index in [-0.39, 0.29) is 0 Å².